The number of benzene rings is 1. The third-order valence-electron chi connectivity index (χ3n) is 4.84. The highest BCUT2D eigenvalue weighted by atomic mass is 35.5. The number of fused-ring (bicyclic) bond motifs is 1. The van der Waals surface area contributed by atoms with Crippen LogP contribution in [-0.4, -0.2) is 48.1 Å². The monoisotopic (exact) mass is 417 g/mol. The largest absolute Gasteiger partial charge is 0.492 e. The lowest BCUT2D eigenvalue weighted by molar-refractivity contribution is -0.121. The number of amides is 1. The number of nitrogens with zero attached hydrogens (tertiary/aromatic N) is 2. The van der Waals surface area contributed by atoms with Crippen molar-refractivity contribution < 1.29 is 14.3 Å². The minimum atomic E-state index is 0.0564. The lowest BCUT2D eigenvalue weighted by Gasteiger charge is -2.22. The highest BCUT2D eigenvalue weighted by Crippen LogP contribution is 2.29. The Kier molecular flexibility index (Phi) is 8.14. The molecule has 0 saturated heterocycles. The smallest absolute Gasteiger partial charge is 0.221 e. The molecule has 2 heterocycles. The van der Waals surface area contributed by atoms with Gasteiger partial charge in [-0.2, -0.15) is 0 Å². The lowest BCUT2D eigenvalue weighted by atomic mass is 10.2. The number of hydrogen-bond acceptors (Lipinski definition) is 5. The molecule has 1 aromatic carbocycles. The number of pyridine rings is 1. The van der Waals surface area contributed by atoms with Crippen LogP contribution in [0.5, 0.6) is 11.5 Å². The van der Waals surface area contributed by atoms with E-state index in [2.05, 4.69) is 22.1 Å². The van der Waals surface area contributed by atoms with Gasteiger partial charge in [0.1, 0.15) is 17.6 Å². The van der Waals surface area contributed by atoms with Gasteiger partial charge in [-0.3, -0.25) is 14.7 Å². The zero-order chi connectivity index (χ0) is 20.5. The van der Waals surface area contributed by atoms with Crippen LogP contribution in [0, 0.1) is 0 Å². The molecule has 0 unspecified atom stereocenters. The summed E-state index contributed by atoms with van der Waals surface area (Å²) in [6, 6.07) is 9.47. The van der Waals surface area contributed by atoms with Crippen molar-refractivity contribution in [3.8, 4) is 11.5 Å². The molecular weight excluding hydrogens is 390 g/mol. The van der Waals surface area contributed by atoms with Crippen LogP contribution in [0.1, 0.15) is 31.7 Å². The molecule has 0 aliphatic carbocycles. The first-order chi connectivity index (χ1) is 14.1. The van der Waals surface area contributed by atoms with Crippen LogP contribution in [0.2, 0.25) is 5.02 Å². The molecule has 2 aromatic rings. The van der Waals surface area contributed by atoms with E-state index >= 15 is 0 Å². The van der Waals surface area contributed by atoms with Crippen LogP contribution in [-0.2, 0) is 11.3 Å². The van der Waals surface area contributed by atoms with Crippen molar-refractivity contribution in [1.29, 1.82) is 0 Å². The van der Waals surface area contributed by atoms with E-state index in [1.807, 2.05) is 30.3 Å². The molecule has 0 radical (unpaired) electrons. The molecule has 1 aliphatic rings. The van der Waals surface area contributed by atoms with E-state index < -0.39 is 0 Å². The van der Waals surface area contributed by atoms with Gasteiger partial charge in [-0.25, -0.2) is 0 Å². The van der Waals surface area contributed by atoms with Gasteiger partial charge in [0.25, 0.3) is 0 Å². The Hall–Kier alpha value is -2.31. The second-order valence-corrected chi connectivity index (χ2v) is 7.56. The number of nitrogens with one attached hydrogen (secondary N) is 1. The Morgan fingerprint density at radius 3 is 3.10 bits per heavy atom. The number of rotatable bonds is 9. The molecule has 7 heteroatoms. The van der Waals surface area contributed by atoms with Gasteiger partial charge in [-0.05, 0) is 37.1 Å². The first-order valence-electron chi connectivity index (χ1n) is 10.1. The summed E-state index contributed by atoms with van der Waals surface area (Å²) in [4.78, 5) is 18.5. The first kappa shape index (κ1) is 21.4. The zero-order valence-corrected chi connectivity index (χ0v) is 17.5. The molecule has 1 amide bonds. The Bertz CT molecular complexity index is 788. The van der Waals surface area contributed by atoms with Crippen LogP contribution < -0.4 is 14.8 Å². The van der Waals surface area contributed by atoms with Crippen molar-refractivity contribution in [3.05, 3.63) is 53.3 Å². The van der Waals surface area contributed by atoms with Crippen molar-refractivity contribution in [2.24, 2.45) is 0 Å². The summed E-state index contributed by atoms with van der Waals surface area (Å²) in [6.45, 7) is 5.51. The Morgan fingerprint density at radius 1 is 1.41 bits per heavy atom. The molecule has 0 fully saturated rings. The van der Waals surface area contributed by atoms with Gasteiger partial charge in [0.05, 0.1) is 12.8 Å². The SMILES string of the molecule is CC[C@@H]1CN(CCC(=O)NCCCOc2cccnc2)Cc2ccc(Cl)cc2O1. The summed E-state index contributed by atoms with van der Waals surface area (Å²) in [5.74, 6) is 1.65. The van der Waals surface area contributed by atoms with Gasteiger partial charge < -0.3 is 14.8 Å². The molecule has 0 spiro atoms. The van der Waals surface area contributed by atoms with Crippen molar-refractivity contribution in [2.75, 3.05) is 26.2 Å². The van der Waals surface area contributed by atoms with Gasteiger partial charge in [0, 0.05) is 49.4 Å². The molecule has 3 rings (SSSR count). The minimum Gasteiger partial charge on any atom is -0.492 e. The van der Waals surface area contributed by atoms with Crippen LogP contribution in [0.25, 0.3) is 0 Å². The normalized spacial score (nSPS) is 16.4. The molecule has 0 saturated carbocycles. The van der Waals surface area contributed by atoms with E-state index in [-0.39, 0.29) is 12.0 Å². The second-order valence-electron chi connectivity index (χ2n) is 7.13. The van der Waals surface area contributed by atoms with Gasteiger partial charge in [-0.15, -0.1) is 0 Å². The Labute approximate surface area is 177 Å². The number of ether oxygens (including phenoxy) is 2. The third-order valence-corrected chi connectivity index (χ3v) is 5.07. The Balaban J connectivity index is 1.39. The number of carbonyl (C=O) groups excluding carboxylic acids is 1. The second kappa shape index (κ2) is 11.0. The Morgan fingerprint density at radius 2 is 2.31 bits per heavy atom. The maximum absolute atomic E-state index is 12.2. The predicted molar refractivity (Wildman–Crippen MR) is 113 cm³/mol. The van der Waals surface area contributed by atoms with E-state index in [9.17, 15) is 4.79 Å². The third kappa shape index (κ3) is 6.91. The quantitative estimate of drug-likeness (QED) is 0.630. The van der Waals surface area contributed by atoms with E-state index in [4.69, 9.17) is 21.1 Å². The first-order valence-corrected chi connectivity index (χ1v) is 10.5. The van der Waals surface area contributed by atoms with Crippen molar-refractivity contribution in [3.63, 3.8) is 0 Å². The number of aromatic nitrogens is 1. The fourth-order valence-electron chi connectivity index (χ4n) is 3.23. The molecule has 1 aromatic heterocycles. The molecule has 1 aliphatic heterocycles. The van der Waals surface area contributed by atoms with Crippen LogP contribution in [0.3, 0.4) is 0 Å². The summed E-state index contributed by atoms with van der Waals surface area (Å²) >= 11 is 6.11. The summed E-state index contributed by atoms with van der Waals surface area (Å²) in [7, 11) is 0. The summed E-state index contributed by atoms with van der Waals surface area (Å²) in [6.07, 6.45) is 5.61. The fraction of sp³-hybridized carbons (Fsp3) is 0.455. The van der Waals surface area contributed by atoms with E-state index in [1.54, 1.807) is 12.4 Å². The van der Waals surface area contributed by atoms with E-state index in [0.717, 1.165) is 43.0 Å². The predicted octanol–water partition coefficient (Wildman–Crippen LogP) is 3.68. The minimum absolute atomic E-state index is 0.0564. The van der Waals surface area contributed by atoms with Crippen LogP contribution in [0.4, 0.5) is 0 Å². The summed E-state index contributed by atoms with van der Waals surface area (Å²) in [5, 5.41) is 3.65. The van der Waals surface area contributed by atoms with Gasteiger partial charge in [0.2, 0.25) is 5.91 Å². The molecule has 29 heavy (non-hydrogen) atoms. The van der Waals surface area contributed by atoms with Crippen molar-refractivity contribution in [2.45, 2.75) is 38.8 Å². The van der Waals surface area contributed by atoms with Crippen molar-refractivity contribution >= 4 is 17.5 Å². The number of carbonyl (C=O) groups is 1. The average molecular weight is 418 g/mol. The summed E-state index contributed by atoms with van der Waals surface area (Å²) in [5.41, 5.74) is 1.11. The molecular formula is C22H28ClN3O3. The lowest BCUT2D eigenvalue weighted by Crippen LogP contribution is -2.36. The number of halogens is 1. The molecule has 1 atom stereocenters. The standard InChI is InChI=1S/C22H28ClN3O3/c1-2-19-16-26(15-17-6-7-18(23)13-21(17)29-19)11-8-22(27)25-10-4-12-28-20-5-3-9-24-14-20/h3,5-7,9,13-14,19H,2,4,8,10-12,15-16H2,1H3,(H,25,27)/t19-/m1/s1. The molecule has 6 nitrogen and oxygen atoms in total. The highest BCUT2D eigenvalue weighted by Gasteiger charge is 2.22. The van der Waals surface area contributed by atoms with Crippen LogP contribution >= 0.6 is 11.6 Å². The summed E-state index contributed by atoms with van der Waals surface area (Å²) < 4.78 is 11.7. The van der Waals surface area contributed by atoms with E-state index in [1.165, 1.54) is 0 Å². The average Bonchev–Trinajstić information content (AvgIpc) is 2.91. The molecule has 156 valence electrons. The topological polar surface area (TPSA) is 63.7 Å². The molecule has 0 bridgehead atoms. The highest BCUT2D eigenvalue weighted by molar-refractivity contribution is 6.30. The maximum Gasteiger partial charge on any atom is 0.221 e. The van der Waals surface area contributed by atoms with Gasteiger partial charge in [0.15, 0.2) is 0 Å². The molecule has 1 N–H and O–H groups in total. The fourth-order valence-corrected chi connectivity index (χ4v) is 3.39. The van der Waals surface area contributed by atoms with Gasteiger partial charge >= 0.3 is 0 Å². The van der Waals surface area contributed by atoms with E-state index in [0.29, 0.717) is 31.1 Å². The zero-order valence-electron chi connectivity index (χ0n) is 16.8. The number of hydrogen-bond donors (Lipinski definition) is 1. The van der Waals surface area contributed by atoms with Crippen LogP contribution in [0.15, 0.2) is 42.7 Å². The van der Waals surface area contributed by atoms with Crippen molar-refractivity contribution in [1.82, 2.24) is 15.2 Å². The maximum atomic E-state index is 12.2. The van der Waals surface area contributed by atoms with Gasteiger partial charge in [-0.1, -0.05) is 24.6 Å².